The van der Waals surface area contributed by atoms with E-state index in [-0.39, 0.29) is 6.61 Å². The molecule has 74 valence electrons. The Labute approximate surface area is 80.3 Å². The van der Waals surface area contributed by atoms with E-state index in [1.807, 2.05) is 0 Å². The summed E-state index contributed by atoms with van der Waals surface area (Å²) in [5, 5.41) is 15.8. The maximum Gasteiger partial charge on any atom is 0.269 e. The van der Waals surface area contributed by atoms with Gasteiger partial charge in [0, 0.05) is 23.8 Å². The molecule has 5 heteroatoms. The zero-order chi connectivity index (χ0) is 9.87. The topological polar surface area (TPSA) is 92.0 Å². The molecule has 1 heterocycles. The first-order valence-electron chi connectivity index (χ1n) is 4.71. The van der Waals surface area contributed by atoms with Crippen molar-refractivity contribution in [2.24, 2.45) is 17.6 Å². The second kappa shape index (κ2) is 2.36. The molecule has 0 bridgehead atoms. The van der Waals surface area contributed by atoms with E-state index in [0.29, 0.717) is 23.4 Å². The molecular formula is C9H11N3O2. The van der Waals surface area contributed by atoms with Crippen LogP contribution in [0.1, 0.15) is 27.7 Å². The van der Waals surface area contributed by atoms with Gasteiger partial charge in [-0.3, -0.25) is 9.89 Å². The Morgan fingerprint density at radius 3 is 3.14 bits per heavy atom. The molecule has 3 atom stereocenters. The molecule has 2 aliphatic carbocycles. The second-order valence-corrected chi connectivity index (χ2v) is 4.07. The number of carbonyl (C=O) groups excluding carboxylic acids is 1. The third kappa shape index (κ3) is 0.778. The Morgan fingerprint density at radius 2 is 2.50 bits per heavy atom. The number of rotatable bonds is 2. The van der Waals surface area contributed by atoms with Crippen LogP contribution < -0.4 is 5.73 Å². The average molecular weight is 193 g/mol. The Kier molecular flexibility index (Phi) is 1.35. The van der Waals surface area contributed by atoms with Crippen molar-refractivity contribution in [1.82, 2.24) is 10.2 Å². The van der Waals surface area contributed by atoms with Crippen molar-refractivity contribution in [1.29, 1.82) is 0 Å². The van der Waals surface area contributed by atoms with Crippen molar-refractivity contribution >= 4 is 5.91 Å². The molecule has 5 nitrogen and oxygen atoms in total. The normalized spacial score (nSPS) is 32.5. The SMILES string of the molecule is NC(=O)c1n[nH]c2c1CC1C(CO)C21. The van der Waals surface area contributed by atoms with Crippen LogP contribution in [0.4, 0.5) is 0 Å². The highest BCUT2D eigenvalue weighted by molar-refractivity contribution is 5.92. The number of amides is 1. The number of aliphatic hydroxyl groups is 1. The lowest BCUT2D eigenvalue weighted by Crippen LogP contribution is -2.14. The summed E-state index contributed by atoms with van der Waals surface area (Å²) in [6, 6.07) is 0. The predicted molar refractivity (Wildman–Crippen MR) is 47.6 cm³/mol. The zero-order valence-electron chi connectivity index (χ0n) is 7.53. The van der Waals surface area contributed by atoms with Gasteiger partial charge >= 0.3 is 0 Å². The molecule has 3 unspecified atom stereocenters. The molecule has 2 aliphatic rings. The van der Waals surface area contributed by atoms with Crippen LogP contribution >= 0.6 is 0 Å². The van der Waals surface area contributed by atoms with E-state index in [2.05, 4.69) is 10.2 Å². The number of fused-ring (bicyclic) bond motifs is 3. The van der Waals surface area contributed by atoms with E-state index < -0.39 is 5.91 Å². The highest BCUT2D eigenvalue weighted by atomic mass is 16.3. The minimum atomic E-state index is -0.468. The Balaban J connectivity index is 1.99. The van der Waals surface area contributed by atoms with Gasteiger partial charge in [0.15, 0.2) is 5.69 Å². The van der Waals surface area contributed by atoms with Crippen LogP contribution in [-0.4, -0.2) is 27.8 Å². The number of aliphatic hydroxyl groups excluding tert-OH is 1. The molecule has 0 spiro atoms. The number of hydrogen-bond donors (Lipinski definition) is 3. The highest BCUT2D eigenvalue weighted by Crippen LogP contribution is 2.60. The number of nitrogens with two attached hydrogens (primary N) is 1. The van der Waals surface area contributed by atoms with Gasteiger partial charge < -0.3 is 10.8 Å². The molecule has 0 radical (unpaired) electrons. The van der Waals surface area contributed by atoms with Crippen molar-refractivity contribution in [2.45, 2.75) is 12.3 Å². The summed E-state index contributed by atoms with van der Waals surface area (Å²) in [6.45, 7) is 0.222. The van der Waals surface area contributed by atoms with Crippen molar-refractivity contribution in [3.63, 3.8) is 0 Å². The Hall–Kier alpha value is -1.36. The molecule has 1 fully saturated rings. The van der Waals surface area contributed by atoms with Crippen LogP contribution in [0.3, 0.4) is 0 Å². The van der Waals surface area contributed by atoms with Gasteiger partial charge in [-0.05, 0) is 18.3 Å². The van der Waals surface area contributed by atoms with Gasteiger partial charge in [0.1, 0.15) is 0 Å². The standard InChI is InChI=1S/C9H11N3O2/c10-9(14)8-4-1-3-5(2-13)6(3)7(4)11-12-8/h3,5-6,13H,1-2H2,(H2,10,14)(H,11,12). The Morgan fingerprint density at radius 1 is 1.71 bits per heavy atom. The smallest absolute Gasteiger partial charge is 0.269 e. The van der Waals surface area contributed by atoms with Gasteiger partial charge in [-0.15, -0.1) is 0 Å². The summed E-state index contributed by atoms with van der Waals surface area (Å²) in [5.74, 6) is 0.783. The van der Waals surface area contributed by atoms with Gasteiger partial charge in [0.2, 0.25) is 0 Å². The van der Waals surface area contributed by atoms with Crippen LogP contribution in [0.2, 0.25) is 0 Å². The highest BCUT2D eigenvalue weighted by Gasteiger charge is 2.57. The molecule has 0 aromatic carbocycles. The summed E-state index contributed by atoms with van der Waals surface area (Å²) < 4.78 is 0. The second-order valence-electron chi connectivity index (χ2n) is 4.07. The molecule has 0 saturated heterocycles. The number of H-pyrrole nitrogens is 1. The molecule has 1 saturated carbocycles. The van der Waals surface area contributed by atoms with Crippen molar-refractivity contribution in [2.75, 3.05) is 6.61 Å². The third-order valence-electron chi connectivity index (χ3n) is 3.45. The van der Waals surface area contributed by atoms with E-state index >= 15 is 0 Å². The van der Waals surface area contributed by atoms with Crippen LogP contribution in [0.5, 0.6) is 0 Å². The molecule has 4 N–H and O–H groups in total. The number of aromatic nitrogens is 2. The van der Waals surface area contributed by atoms with E-state index in [1.165, 1.54) is 0 Å². The van der Waals surface area contributed by atoms with E-state index in [9.17, 15) is 4.79 Å². The fourth-order valence-corrected chi connectivity index (χ4v) is 2.70. The molecule has 1 aromatic rings. The lowest BCUT2D eigenvalue weighted by atomic mass is 10.1. The van der Waals surface area contributed by atoms with E-state index in [0.717, 1.165) is 17.7 Å². The van der Waals surface area contributed by atoms with Crippen molar-refractivity contribution < 1.29 is 9.90 Å². The summed E-state index contributed by atoms with van der Waals surface area (Å²) in [7, 11) is 0. The van der Waals surface area contributed by atoms with Gasteiger partial charge in [-0.2, -0.15) is 5.10 Å². The quantitative estimate of drug-likeness (QED) is 0.584. The number of nitrogens with zero attached hydrogens (tertiary/aromatic N) is 1. The largest absolute Gasteiger partial charge is 0.396 e. The monoisotopic (exact) mass is 193 g/mol. The van der Waals surface area contributed by atoms with Crippen LogP contribution in [0.25, 0.3) is 0 Å². The summed E-state index contributed by atoms with van der Waals surface area (Å²) in [5.41, 5.74) is 7.55. The molecule has 3 rings (SSSR count). The minimum Gasteiger partial charge on any atom is -0.396 e. The van der Waals surface area contributed by atoms with E-state index in [4.69, 9.17) is 10.8 Å². The van der Waals surface area contributed by atoms with Crippen LogP contribution in [0, 0.1) is 11.8 Å². The van der Waals surface area contributed by atoms with Crippen LogP contribution in [0.15, 0.2) is 0 Å². The minimum absolute atomic E-state index is 0.222. The average Bonchev–Trinajstić information content (AvgIpc) is 2.55. The fraction of sp³-hybridized carbons (Fsp3) is 0.556. The molecule has 14 heavy (non-hydrogen) atoms. The Bertz CT molecular complexity index is 412. The summed E-state index contributed by atoms with van der Waals surface area (Å²) in [4.78, 5) is 11.0. The maximum atomic E-state index is 11.0. The molecule has 0 aliphatic heterocycles. The number of primary amides is 1. The lowest BCUT2D eigenvalue weighted by Gasteiger charge is -1.99. The summed E-state index contributed by atoms with van der Waals surface area (Å²) >= 11 is 0. The van der Waals surface area contributed by atoms with Gasteiger partial charge in [0.25, 0.3) is 5.91 Å². The summed E-state index contributed by atoms with van der Waals surface area (Å²) in [6.07, 6.45) is 0.833. The molecule has 1 amide bonds. The number of carbonyl (C=O) groups is 1. The lowest BCUT2D eigenvalue weighted by molar-refractivity contribution is 0.0994. The van der Waals surface area contributed by atoms with Gasteiger partial charge in [-0.1, -0.05) is 0 Å². The predicted octanol–water partition coefficient (Wildman–Crippen LogP) is -0.613. The van der Waals surface area contributed by atoms with Gasteiger partial charge in [-0.25, -0.2) is 0 Å². The van der Waals surface area contributed by atoms with Gasteiger partial charge in [0.05, 0.1) is 0 Å². The molecule has 1 aromatic heterocycles. The first-order valence-corrected chi connectivity index (χ1v) is 4.71. The van der Waals surface area contributed by atoms with E-state index in [1.54, 1.807) is 0 Å². The number of aromatic amines is 1. The molecular weight excluding hydrogens is 182 g/mol. The van der Waals surface area contributed by atoms with Crippen LogP contribution in [-0.2, 0) is 6.42 Å². The number of nitrogens with one attached hydrogen (secondary N) is 1. The third-order valence-corrected chi connectivity index (χ3v) is 3.45. The first kappa shape index (κ1) is 7.99. The van der Waals surface area contributed by atoms with Crippen molar-refractivity contribution in [3.05, 3.63) is 17.0 Å². The zero-order valence-corrected chi connectivity index (χ0v) is 7.53. The maximum absolute atomic E-state index is 11.0. The number of hydrogen-bond acceptors (Lipinski definition) is 3. The fourth-order valence-electron chi connectivity index (χ4n) is 2.70. The van der Waals surface area contributed by atoms with Crippen molar-refractivity contribution in [3.8, 4) is 0 Å². The first-order chi connectivity index (χ1) is 6.74.